The second-order valence-corrected chi connectivity index (χ2v) is 13.9. The topological polar surface area (TPSA) is 115 Å². The van der Waals surface area contributed by atoms with Crippen molar-refractivity contribution in [2.45, 2.75) is 70.2 Å². The van der Waals surface area contributed by atoms with Gasteiger partial charge in [0.15, 0.2) is 17.2 Å². The first kappa shape index (κ1) is 31.3. The second kappa shape index (κ2) is 12.7. The van der Waals surface area contributed by atoms with Crippen molar-refractivity contribution in [1.29, 1.82) is 0 Å². The van der Waals surface area contributed by atoms with Crippen molar-refractivity contribution in [1.82, 2.24) is 34.4 Å². The number of halogens is 1. The summed E-state index contributed by atoms with van der Waals surface area (Å²) >= 11 is 0. The van der Waals surface area contributed by atoms with Crippen LogP contribution in [-0.4, -0.2) is 97.5 Å². The van der Waals surface area contributed by atoms with Crippen molar-refractivity contribution in [3.05, 3.63) is 60.7 Å². The van der Waals surface area contributed by atoms with Gasteiger partial charge in [-0.15, -0.1) is 0 Å². The average Bonchev–Trinajstić information content (AvgIpc) is 3.42. The molecule has 0 aliphatic carbocycles. The fourth-order valence-electron chi connectivity index (χ4n) is 7.07. The zero-order valence-electron chi connectivity index (χ0n) is 27.3. The molecule has 0 unspecified atom stereocenters. The highest BCUT2D eigenvalue weighted by molar-refractivity contribution is 5.98. The first-order valence-corrected chi connectivity index (χ1v) is 16.6. The number of ether oxygens (including phenoxy) is 2. The Bertz CT molecular complexity index is 1720. The van der Waals surface area contributed by atoms with Gasteiger partial charge in [-0.05, 0) is 76.8 Å². The zero-order valence-corrected chi connectivity index (χ0v) is 27.3. The maximum Gasteiger partial charge on any atom is 0.410 e. The molecule has 2 aromatic heterocycles. The zero-order chi connectivity index (χ0) is 32.7. The Morgan fingerprint density at radius 2 is 1.55 bits per heavy atom. The summed E-state index contributed by atoms with van der Waals surface area (Å²) in [6.07, 6.45) is 5.38. The molecular weight excluding hydrogens is 599 g/mol. The Hall–Kier alpha value is -4.29. The number of fused-ring (bicyclic) bond motifs is 1. The molecule has 3 aliphatic heterocycles. The Labute approximate surface area is 274 Å². The van der Waals surface area contributed by atoms with Gasteiger partial charge in [0.05, 0.1) is 11.4 Å². The number of rotatable bonds is 6. The summed E-state index contributed by atoms with van der Waals surface area (Å²) in [4.78, 5) is 28.1. The number of benzene rings is 2. The van der Waals surface area contributed by atoms with Gasteiger partial charge in [0, 0.05) is 56.9 Å². The quantitative estimate of drug-likeness (QED) is 0.282. The number of carbonyl (C=O) groups is 1. The summed E-state index contributed by atoms with van der Waals surface area (Å²) in [5, 5.41) is 5.62. The van der Waals surface area contributed by atoms with E-state index in [9.17, 15) is 4.79 Å². The highest BCUT2D eigenvalue weighted by Crippen LogP contribution is 2.37. The number of likely N-dealkylation sites (tertiary alicyclic amines) is 3. The number of carbonyl (C=O) groups excluding carboxylic acids is 1. The molecule has 1 amide bonds. The molecule has 0 bridgehead atoms. The lowest BCUT2D eigenvalue weighted by atomic mass is 9.96. The van der Waals surface area contributed by atoms with Gasteiger partial charge in [-0.3, -0.25) is 4.90 Å². The van der Waals surface area contributed by atoms with Gasteiger partial charge in [0.1, 0.15) is 29.2 Å². The molecule has 2 N–H and O–H groups in total. The number of para-hydroxylation sites is 1. The van der Waals surface area contributed by atoms with Crippen LogP contribution in [0.2, 0.25) is 0 Å². The highest BCUT2D eigenvalue weighted by atomic mass is 19.1. The van der Waals surface area contributed by atoms with Crippen LogP contribution in [0.25, 0.3) is 22.3 Å². The van der Waals surface area contributed by atoms with Crippen LogP contribution in [0.4, 0.5) is 15.0 Å². The van der Waals surface area contributed by atoms with E-state index in [0.29, 0.717) is 45.9 Å². The van der Waals surface area contributed by atoms with Gasteiger partial charge in [-0.2, -0.15) is 5.10 Å². The second-order valence-electron chi connectivity index (χ2n) is 13.9. The number of hydrogen-bond acceptors (Lipinski definition) is 9. The minimum absolute atomic E-state index is 0.140. The number of amides is 1. The largest absolute Gasteiger partial charge is 0.454 e. The number of hydrogen-bond donors (Lipinski definition) is 1. The maximum atomic E-state index is 15.2. The van der Waals surface area contributed by atoms with Crippen molar-refractivity contribution in [2.24, 2.45) is 0 Å². The van der Waals surface area contributed by atoms with Crippen LogP contribution in [0.3, 0.4) is 0 Å². The van der Waals surface area contributed by atoms with Gasteiger partial charge in [-0.1, -0.05) is 18.2 Å². The smallest absolute Gasteiger partial charge is 0.410 e. The normalized spacial score (nSPS) is 19.2. The molecule has 0 saturated carbocycles. The summed E-state index contributed by atoms with van der Waals surface area (Å²) < 4.78 is 28.5. The number of piperidine rings is 2. The van der Waals surface area contributed by atoms with E-state index in [1.165, 1.54) is 12.4 Å². The van der Waals surface area contributed by atoms with Crippen molar-refractivity contribution in [3.63, 3.8) is 0 Å². The highest BCUT2D eigenvalue weighted by Gasteiger charge is 2.39. The summed E-state index contributed by atoms with van der Waals surface area (Å²) in [6, 6.07) is 15.1. The fraction of sp³-hybridized carbons (Fsp3) is 0.486. The molecule has 4 aromatic rings. The van der Waals surface area contributed by atoms with Gasteiger partial charge in [0.2, 0.25) is 0 Å². The van der Waals surface area contributed by atoms with Crippen LogP contribution < -0.4 is 10.5 Å². The van der Waals surface area contributed by atoms with E-state index < -0.39 is 11.4 Å². The van der Waals surface area contributed by atoms with Crippen LogP contribution in [0.15, 0.2) is 54.9 Å². The van der Waals surface area contributed by atoms with E-state index in [4.69, 9.17) is 20.3 Å². The molecule has 248 valence electrons. The average molecular weight is 643 g/mol. The molecule has 47 heavy (non-hydrogen) atoms. The lowest BCUT2D eigenvalue weighted by Crippen LogP contribution is -2.63. The molecular formula is C35H43FN8O3. The maximum absolute atomic E-state index is 15.2. The van der Waals surface area contributed by atoms with E-state index >= 15 is 4.39 Å². The van der Waals surface area contributed by atoms with E-state index in [1.54, 1.807) is 24.3 Å². The number of aromatic nitrogens is 4. The van der Waals surface area contributed by atoms with Crippen molar-refractivity contribution >= 4 is 22.9 Å². The van der Waals surface area contributed by atoms with Crippen LogP contribution in [0, 0.1) is 5.82 Å². The molecule has 0 atom stereocenters. The van der Waals surface area contributed by atoms with Crippen LogP contribution in [0.5, 0.6) is 11.5 Å². The summed E-state index contributed by atoms with van der Waals surface area (Å²) in [5.41, 5.74) is 7.73. The minimum atomic E-state index is -0.485. The molecule has 7 rings (SSSR count). The van der Waals surface area contributed by atoms with E-state index in [2.05, 4.69) is 19.8 Å². The molecule has 12 heteroatoms. The van der Waals surface area contributed by atoms with Gasteiger partial charge in [-0.25, -0.2) is 23.8 Å². The molecule has 0 spiro atoms. The van der Waals surface area contributed by atoms with Gasteiger partial charge < -0.3 is 25.0 Å². The monoisotopic (exact) mass is 642 g/mol. The molecule has 3 saturated heterocycles. The van der Waals surface area contributed by atoms with E-state index in [-0.39, 0.29) is 17.9 Å². The van der Waals surface area contributed by atoms with Crippen molar-refractivity contribution in [3.8, 4) is 22.8 Å². The Morgan fingerprint density at radius 1 is 0.894 bits per heavy atom. The predicted molar refractivity (Wildman–Crippen MR) is 178 cm³/mol. The van der Waals surface area contributed by atoms with Crippen molar-refractivity contribution < 1.29 is 18.7 Å². The van der Waals surface area contributed by atoms with Crippen LogP contribution in [-0.2, 0) is 4.74 Å². The first-order valence-electron chi connectivity index (χ1n) is 16.6. The predicted octanol–water partition coefficient (Wildman–Crippen LogP) is 5.73. The summed E-state index contributed by atoms with van der Waals surface area (Å²) in [7, 11) is 0. The third-order valence-electron chi connectivity index (χ3n) is 9.59. The molecule has 0 radical (unpaired) electrons. The van der Waals surface area contributed by atoms with Gasteiger partial charge >= 0.3 is 6.09 Å². The number of anilines is 1. The lowest BCUT2D eigenvalue weighted by Gasteiger charge is -2.49. The molecule has 3 fully saturated rings. The summed E-state index contributed by atoms with van der Waals surface area (Å²) in [5.74, 6) is 0.544. The molecule has 5 heterocycles. The number of nitrogen functional groups attached to an aromatic ring is 1. The van der Waals surface area contributed by atoms with E-state index in [1.807, 2.05) is 48.6 Å². The lowest BCUT2D eigenvalue weighted by molar-refractivity contribution is -0.0259. The molecule has 3 aliphatic rings. The Balaban J connectivity index is 0.977. The van der Waals surface area contributed by atoms with E-state index in [0.717, 1.165) is 65.0 Å². The Morgan fingerprint density at radius 3 is 2.21 bits per heavy atom. The van der Waals surface area contributed by atoms with Gasteiger partial charge in [0.25, 0.3) is 0 Å². The fourth-order valence-corrected chi connectivity index (χ4v) is 7.07. The number of nitrogens with two attached hydrogens (primary N) is 1. The van der Waals surface area contributed by atoms with Crippen LogP contribution >= 0.6 is 0 Å². The first-order chi connectivity index (χ1) is 22.6. The molecule has 2 aromatic carbocycles. The summed E-state index contributed by atoms with van der Waals surface area (Å²) in [6.45, 7) is 11.2. The standard InChI is InChI=1S/C35H43FN8O3/c1-35(2,3)47-34(45)43-20-26(21-43)42-15-11-24(12-16-42)41-17-13-25(14-18-41)44-33-30(32(37)38-22-39-33)31(40-44)23-9-10-29(28(36)19-23)46-27-7-5-4-6-8-27/h4-10,19,22,24-26H,11-18,20-21H2,1-3H3,(H2,37,38,39). The molecule has 11 nitrogen and oxygen atoms in total. The minimum Gasteiger partial charge on any atom is -0.454 e. The third-order valence-corrected chi connectivity index (χ3v) is 9.59. The SMILES string of the molecule is CC(C)(C)OC(=O)N1CC(N2CCC(N3CCC(n4nc(-c5ccc(Oc6ccccc6)c(F)c5)c5c(N)ncnc54)CC3)CC2)C1. The van der Waals surface area contributed by atoms with Crippen LogP contribution in [0.1, 0.15) is 52.5 Å². The Kier molecular flexibility index (Phi) is 8.48. The third kappa shape index (κ3) is 6.62. The van der Waals surface area contributed by atoms with Crippen molar-refractivity contribution in [2.75, 3.05) is 45.0 Å². The number of nitrogens with zero attached hydrogens (tertiary/aromatic N) is 7.